The van der Waals surface area contributed by atoms with Gasteiger partial charge in [-0.3, -0.25) is 0 Å². The number of benzene rings is 1. The first kappa shape index (κ1) is 16.4. The number of nitrogens with zero attached hydrogens (tertiary/aromatic N) is 5. The molecule has 0 radical (unpaired) electrons. The third-order valence-corrected chi connectivity index (χ3v) is 4.37. The summed E-state index contributed by atoms with van der Waals surface area (Å²) >= 11 is 0. The predicted octanol–water partition coefficient (Wildman–Crippen LogP) is 3.76. The molecule has 0 amide bonds. The molecule has 8 heteroatoms. The summed E-state index contributed by atoms with van der Waals surface area (Å²) in [5.41, 5.74) is 3.22. The van der Waals surface area contributed by atoms with Gasteiger partial charge in [0, 0.05) is 11.6 Å². The highest BCUT2D eigenvalue weighted by atomic mass is 19.1. The Morgan fingerprint density at radius 2 is 2.00 bits per heavy atom. The minimum absolute atomic E-state index is 0.191. The van der Waals surface area contributed by atoms with Crippen LogP contribution < -0.4 is 4.74 Å². The lowest BCUT2D eigenvalue weighted by Gasteiger charge is -2.13. The Morgan fingerprint density at radius 1 is 1.14 bits per heavy atom. The zero-order valence-electron chi connectivity index (χ0n) is 14.8. The van der Waals surface area contributed by atoms with Gasteiger partial charge in [0.05, 0.1) is 5.56 Å². The van der Waals surface area contributed by atoms with Gasteiger partial charge in [-0.2, -0.15) is 4.52 Å². The van der Waals surface area contributed by atoms with Crippen molar-refractivity contribution in [1.29, 1.82) is 0 Å². The van der Waals surface area contributed by atoms with Crippen LogP contribution in [0.4, 0.5) is 4.39 Å². The van der Waals surface area contributed by atoms with Crippen LogP contribution in [0.3, 0.4) is 0 Å². The summed E-state index contributed by atoms with van der Waals surface area (Å²) in [7, 11) is 0. The van der Waals surface area contributed by atoms with Gasteiger partial charge in [0.1, 0.15) is 23.9 Å². The molecule has 0 saturated carbocycles. The smallest absolute Gasteiger partial charge is 0.240 e. The van der Waals surface area contributed by atoms with E-state index in [-0.39, 0.29) is 6.61 Å². The fourth-order valence-corrected chi connectivity index (χ4v) is 2.94. The summed E-state index contributed by atoms with van der Waals surface area (Å²) < 4.78 is 26.7. The van der Waals surface area contributed by atoms with Crippen LogP contribution in [0.2, 0.25) is 0 Å². The van der Waals surface area contributed by atoms with Gasteiger partial charge in [0.2, 0.25) is 5.88 Å². The Labute approximate surface area is 158 Å². The van der Waals surface area contributed by atoms with Crippen LogP contribution in [0.1, 0.15) is 17.0 Å². The molecule has 1 aliphatic rings. The minimum Gasteiger partial charge on any atom is -0.470 e. The van der Waals surface area contributed by atoms with Crippen molar-refractivity contribution in [3.05, 3.63) is 77.5 Å². The van der Waals surface area contributed by atoms with Crippen molar-refractivity contribution < 1.29 is 13.7 Å². The largest absolute Gasteiger partial charge is 0.470 e. The lowest BCUT2D eigenvalue weighted by Crippen LogP contribution is -2.06. The quantitative estimate of drug-likeness (QED) is 0.529. The molecule has 1 aromatic carbocycles. The molecule has 4 aromatic rings. The van der Waals surface area contributed by atoms with Crippen LogP contribution in [0, 0.1) is 12.7 Å². The molecule has 0 aliphatic heterocycles. The highest BCUT2D eigenvalue weighted by molar-refractivity contribution is 5.84. The lowest BCUT2D eigenvalue weighted by molar-refractivity contribution is 0.273. The van der Waals surface area contributed by atoms with Crippen molar-refractivity contribution in [2.75, 3.05) is 0 Å². The monoisotopic (exact) mass is 375 g/mol. The molecule has 0 bridgehead atoms. The molecule has 28 heavy (non-hydrogen) atoms. The van der Waals surface area contributed by atoms with Gasteiger partial charge in [-0.05, 0) is 30.7 Å². The molecular formula is C20H14FN5O2. The molecule has 7 nitrogen and oxygen atoms in total. The fourth-order valence-electron chi connectivity index (χ4n) is 2.94. The molecule has 3 heterocycles. The second-order valence-corrected chi connectivity index (χ2v) is 6.34. The zero-order chi connectivity index (χ0) is 19.1. The molecular weight excluding hydrogens is 361 g/mol. The number of halogens is 1. The first-order chi connectivity index (χ1) is 13.7. The maximum Gasteiger partial charge on any atom is 0.240 e. The molecule has 138 valence electrons. The highest BCUT2D eigenvalue weighted by Gasteiger charge is 2.19. The van der Waals surface area contributed by atoms with E-state index in [1.54, 1.807) is 24.3 Å². The topological polar surface area (TPSA) is 78.3 Å². The Hall–Kier alpha value is -3.81. The summed E-state index contributed by atoms with van der Waals surface area (Å²) in [6.45, 7) is 2.01. The lowest BCUT2D eigenvalue weighted by atomic mass is 10.0. The summed E-state index contributed by atoms with van der Waals surface area (Å²) in [6, 6.07) is 9.99. The number of rotatable bonds is 5. The number of hydrogen-bond donors (Lipinski definition) is 0. The Morgan fingerprint density at radius 3 is 2.71 bits per heavy atom. The summed E-state index contributed by atoms with van der Waals surface area (Å²) in [5, 5.41) is 16.8. The van der Waals surface area contributed by atoms with Crippen molar-refractivity contribution in [3.8, 4) is 17.3 Å². The average molecular weight is 375 g/mol. The van der Waals surface area contributed by atoms with Gasteiger partial charge in [-0.25, -0.2) is 4.39 Å². The van der Waals surface area contributed by atoms with Gasteiger partial charge in [0.15, 0.2) is 11.5 Å². The number of fused-ring (bicyclic) bond motifs is 1. The summed E-state index contributed by atoms with van der Waals surface area (Å²) in [6.07, 6.45) is 5.84. The third-order valence-electron chi connectivity index (χ3n) is 4.37. The van der Waals surface area contributed by atoms with Crippen molar-refractivity contribution in [2.24, 2.45) is 0 Å². The van der Waals surface area contributed by atoms with Crippen molar-refractivity contribution in [1.82, 2.24) is 25.0 Å². The number of hydrogen-bond acceptors (Lipinski definition) is 6. The molecule has 0 saturated heterocycles. The van der Waals surface area contributed by atoms with Crippen LogP contribution in [0.25, 0.3) is 22.6 Å². The van der Waals surface area contributed by atoms with Crippen LogP contribution >= 0.6 is 0 Å². The summed E-state index contributed by atoms with van der Waals surface area (Å²) in [4.78, 5) is 0. The third kappa shape index (κ3) is 2.75. The van der Waals surface area contributed by atoms with Crippen molar-refractivity contribution in [3.63, 3.8) is 0 Å². The molecule has 0 atom stereocenters. The van der Waals surface area contributed by atoms with E-state index in [0.717, 1.165) is 11.1 Å². The van der Waals surface area contributed by atoms with Crippen LogP contribution in [-0.2, 0) is 6.61 Å². The Balaban J connectivity index is 1.59. The first-order valence-electron chi connectivity index (χ1n) is 8.64. The molecule has 1 aliphatic carbocycles. The van der Waals surface area contributed by atoms with Crippen LogP contribution in [0.5, 0.6) is 5.88 Å². The zero-order valence-corrected chi connectivity index (χ0v) is 14.8. The van der Waals surface area contributed by atoms with E-state index in [0.29, 0.717) is 34.4 Å². The van der Waals surface area contributed by atoms with E-state index in [1.165, 1.54) is 10.6 Å². The maximum absolute atomic E-state index is 14.2. The van der Waals surface area contributed by atoms with Gasteiger partial charge < -0.3 is 9.26 Å². The van der Waals surface area contributed by atoms with Crippen molar-refractivity contribution >= 4 is 11.2 Å². The van der Waals surface area contributed by atoms with E-state index in [4.69, 9.17) is 9.26 Å². The second kappa shape index (κ2) is 6.41. The Bertz CT molecular complexity index is 1250. The van der Waals surface area contributed by atoms with Crippen molar-refractivity contribution in [2.45, 2.75) is 13.5 Å². The maximum atomic E-state index is 14.2. The van der Waals surface area contributed by atoms with Gasteiger partial charge in [-0.15, -0.1) is 15.3 Å². The van der Waals surface area contributed by atoms with Gasteiger partial charge >= 0.3 is 0 Å². The molecule has 0 fully saturated rings. The normalized spacial score (nSPS) is 12.9. The van der Waals surface area contributed by atoms with E-state index in [9.17, 15) is 4.39 Å². The van der Waals surface area contributed by atoms with Crippen LogP contribution in [-0.4, -0.2) is 25.0 Å². The summed E-state index contributed by atoms with van der Waals surface area (Å²) in [5.74, 6) is 0.987. The fraction of sp³-hybridized carbons (Fsp3) is 0.100. The second-order valence-electron chi connectivity index (χ2n) is 6.34. The SMILES string of the molecule is Cc1cc(COc2nn3c(-c4ccccc4F)nnc3cc2C2=CC=C2)no1. The van der Waals surface area contributed by atoms with E-state index < -0.39 is 5.82 Å². The Kier molecular flexibility index (Phi) is 3.75. The molecule has 5 rings (SSSR count). The molecule has 0 N–H and O–H groups in total. The molecule has 0 spiro atoms. The number of allylic oxidation sites excluding steroid dienone is 4. The van der Waals surface area contributed by atoms with E-state index in [1.807, 2.05) is 31.2 Å². The predicted molar refractivity (Wildman–Crippen MR) is 98.9 cm³/mol. The highest BCUT2D eigenvalue weighted by Crippen LogP contribution is 2.31. The number of ether oxygens (including phenoxy) is 1. The van der Waals surface area contributed by atoms with Gasteiger partial charge in [0.25, 0.3) is 0 Å². The first-order valence-corrected chi connectivity index (χ1v) is 8.64. The van der Waals surface area contributed by atoms with Crippen LogP contribution in [0.15, 0.2) is 59.1 Å². The standard InChI is InChI=1S/C20H14FN5O2/c1-12-9-14(25-28-12)11-27-20-16(13-5-4-6-13)10-18-22-23-19(26(18)24-20)15-7-2-3-8-17(15)21/h2-10H,11H2,1H3. The van der Waals surface area contributed by atoms with E-state index >= 15 is 0 Å². The molecule has 3 aromatic heterocycles. The number of aromatic nitrogens is 5. The van der Waals surface area contributed by atoms with E-state index in [2.05, 4.69) is 20.5 Å². The minimum atomic E-state index is -0.396. The molecule has 0 unspecified atom stereocenters. The number of aryl methyl sites for hydroxylation is 1. The average Bonchev–Trinajstić information content (AvgIpc) is 3.24. The van der Waals surface area contributed by atoms with Gasteiger partial charge in [-0.1, -0.05) is 35.5 Å².